The number of carboxylic acids is 1. The number of carbonyl (C=O) groups excluding carboxylic acids is 1. The number of amides is 1. The number of nitrogens with one attached hydrogen (secondary N) is 1. The second-order valence-corrected chi connectivity index (χ2v) is 2.87. The summed E-state index contributed by atoms with van der Waals surface area (Å²) in [5.74, 6) is -1.37. The van der Waals surface area contributed by atoms with E-state index < -0.39 is 5.97 Å². The smallest absolute Gasteiger partial charge is 0.358 e. The monoisotopic (exact) mass is 212 g/mol. The summed E-state index contributed by atoms with van der Waals surface area (Å²) in [5, 5.41) is 18.3. The first-order chi connectivity index (χ1) is 7.10. The van der Waals surface area contributed by atoms with Crippen LogP contribution in [0.3, 0.4) is 0 Å². The van der Waals surface area contributed by atoms with Crippen molar-refractivity contribution in [2.75, 3.05) is 7.05 Å². The van der Waals surface area contributed by atoms with Gasteiger partial charge in [0.05, 0.1) is 5.69 Å². The number of rotatable bonds is 4. The molecule has 0 aromatic carbocycles. The van der Waals surface area contributed by atoms with Gasteiger partial charge in [0, 0.05) is 7.05 Å². The molecule has 0 bridgehead atoms. The predicted octanol–water partition coefficient (Wildman–Crippen LogP) is -0.715. The molecular formula is C8H12N4O3. The molecular weight excluding hydrogens is 200 g/mol. The Hall–Kier alpha value is -1.92. The molecule has 1 amide bonds. The molecule has 0 radical (unpaired) electrons. The molecule has 1 aromatic heterocycles. The van der Waals surface area contributed by atoms with Gasteiger partial charge in [-0.1, -0.05) is 12.1 Å². The van der Waals surface area contributed by atoms with Crippen LogP contribution in [-0.2, 0) is 17.8 Å². The lowest BCUT2D eigenvalue weighted by Crippen LogP contribution is -2.25. The maximum Gasteiger partial charge on any atom is 0.358 e. The normalized spacial score (nSPS) is 10.0. The van der Waals surface area contributed by atoms with E-state index in [4.69, 9.17) is 5.11 Å². The first kappa shape index (κ1) is 11.2. The van der Waals surface area contributed by atoms with Gasteiger partial charge in [-0.05, 0) is 6.42 Å². The molecule has 7 heteroatoms. The van der Waals surface area contributed by atoms with E-state index in [1.807, 2.05) is 0 Å². The third-order valence-electron chi connectivity index (χ3n) is 1.95. The Bertz CT molecular complexity index is 385. The number of likely N-dealkylation sites (N-methyl/N-ethyl adjacent to an activating group) is 1. The number of carboxylic acid groups (broad SMARTS) is 1. The van der Waals surface area contributed by atoms with E-state index in [2.05, 4.69) is 15.6 Å². The maximum atomic E-state index is 11.1. The summed E-state index contributed by atoms with van der Waals surface area (Å²) in [7, 11) is 1.50. The fraction of sp³-hybridized carbons (Fsp3) is 0.500. The van der Waals surface area contributed by atoms with Crippen LogP contribution in [0.25, 0.3) is 0 Å². The summed E-state index contributed by atoms with van der Waals surface area (Å²) in [4.78, 5) is 21.8. The molecule has 0 aliphatic carbocycles. The van der Waals surface area contributed by atoms with Gasteiger partial charge in [-0.3, -0.25) is 4.79 Å². The molecule has 1 rings (SSSR count). The second-order valence-electron chi connectivity index (χ2n) is 2.87. The number of aromatic carboxylic acids is 1. The number of hydrogen-bond donors (Lipinski definition) is 2. The molecule has 0 unspecified atom stereocenters. The van der Waals surface area contributed by atoms with Gasteiger partial charge in [0.2, 0.25) is 5.91 Å². The van der Waals surface area contributed by atoms with Gasteiger partial charge >= 0.3 is 5.97 Å². The van der Waals surface area contributed by atoms with Crippen molar-refractivity contribution in [3.05, 3.63) is 11.4 Å². The minimum atomic E-state index is -1.13. The van der Waals surface area contributed by atoms with Crippen LogP contribution < -0.4 is 5.32 Å². The highest BCUT2D eigenvalue weighted by molar-refractivity contribution is 5.86. The quantitative estimate of drug-likeness (QED) is 0.686. The van der Waals surface area contributed by atoms with Crippen molar-refractivity contribution in [1.29, 1.82) is 0 Å². The Morgan fingerprint density at radius 2 is 2.20 bits per heavy atom. The summed E-state index contributed by atoms with van der Waals surface area (Å²) >= 11 is 0. The molecule has 1 aromatic rings. The van der Waals surface area contributed by atoms with Gasteiger partial charge in [0.25, 0.3) is 0 Å². The standard InChI is InChI=1S/C8H12N4O3/c1-3-5-7(8(14)15)10-11-12(5)4-6(13)9-2/h3-4H2,1-2H3,(H,9,13)(H,14,15). The van der Waals surface area contributed by atoms with E-state index in [0.717, 1.165) is 0 Å². The van der Waals surface area contributed by atoms with Crippen LogP contribution in [0.1, 0.15) is 23.1 Å². The molecule has 15 heavy (non-hydrogen) atoms. The van der Waals surface area contributed by atoms with Crippen molar-refractivity contribution in [2.45, 2.75) is 19.9 Å². The van der Waals surface area contributed by atoms with Crippen LogP contribution in [0.15, 0.2) is 0 Å². The van der Waals surface area contributed by atoms with E-state index >= 15 is 0 Å². The van der Waals surface area contributed by atoms with Crippen molar-refractivity contribution in [3.63, 3.8) is 0 Å². The Balaban J connectivity index is 2.99. The minimum Gasteiger partial charge on any atom is -0.476 e. The lowest BCUT2D eigenvalue weighted by atomic mass is 10.2. The highest BCUT2D eigenvalue weighted by atomic mass is 16.4. The highest BCUT2D eigenvalue weighted by Gasteiger charge is 2.18. The largest absolute Gasteiger partial charge is 0.476 e. The second kappa shape index (κ2) is 4.54. The Morgan fingerprint density at radius 3 is 2.67 bits per heavy atom. The van der Waals surface area contributed by atoms with Crippen molar-refractivity contribution in [3.8, 4) is 0 Å². The summed E-state index contributed by atoms with van der Waals surface area (Å²) in [6.07, 6.45) is 0.464. The molecule has 82 valence electrons. The molecule has 0 atom stereocenters. The SMILES string of the molecule is CCc1c(C(=O)O)nnn1CC(=O)NC. The molecule has 1 heterocycles. The highest BCUT2D eigenvalue weighted by Crippen LogP contribution is 2.06. The van der Waals surface area contributed by atoms with Crippen molar-refractivity contribution < 1.29 is 14.7 Å². The van der Waals surface area contributed by atoms with Crippen LogP contribution in [-0.4, -0.2) is 39.0 Å². The summed E-state index contributed by atoms with van der Waals surface area (Å²) in [6.45, 7) is 1.77. The molecule has 7 nitrogen and oxygen atoms in total. The van der Waals surface area contributed by atoms with E-state index in [-0.39, 0.29) is 18.1 Å². The van der Waals surface area contributed by atoms with Gasteiger partial charge < -0.3 is 10.4 Å². The number of aromatic nitrogens is 3. The number of hydrogen-bond acceptors (Lipinski definition) is 4. The topological polar surface area (TPSA) is 97.1 Å². The van der Waals surface area contributed by atoms with Crippen molar-refractivity contribution >= 4 is 11.9 Å². The fourth-order valence-electron chi connectivity index (χ4n) is 1.19. The minimum absolute atomic E-state index is 0.0139. The molecule has 0 spiro atoms. The lowest BCUT2D eigenvalue weighted by Gasteiger charge is -2.03. The summed E-state index contributed by atoms with van der Waals surface area (Å²) < 4.78 is 1.29. The maximum absolute atomic E-state index is 11.1. The zero-order valence-corrected chi connectivity index (χ0v) is 8.52. The van der Waals surface area contributed by atoms with Crippen LogP contribution in [0.2, 0.25) is 0 Å². The van der Waals surface area contributed by atoms with Gasteiger partial charge in [0.15, 0.2) is 5.69 Å². The van der Waals surface area contributed by atoms with Gasteiger partial charge in [-0.25, -0.2) is 9.48 Å². The van der Waals surface area contributed by atoms with Crippen molar-refractivity contribution in [1.82, 2.24) is 20.3 Å². The third-order valence-corrected chi connectivity index (χ3v) is 1.95. The van der Waals surface area contributed by atoms with Crippen molar-refractivity contribution in [2.24, 2.45) is 0 Å². The Labute approximate surface area is 86.1 Å². The van der Waals surface area contributed by atoms with Crippen LogP contribution in [0.5, 0.6) is 0 Å². The first-order valence-corrected chi connectivity index (χ1v) is 4.46. The first-order valence-electron chi connectivity index (χ1n) is 4.46. The van der Waals surface area contributed by atoms with E-state index in [0.29, 0.717) is 12.1 Å². The zero-order valence-electron chi connectivity index (χ0n) is 8.52. The molecule has 0 fully saturated rings. The van der Waals surface area contributed by atoms with Crippen LogP contribution in [0.4, 0.5) is 0 Å². The molecule has 0 saturated heterocycles. The van der Waals surface area contributed by atoms with Crippen LogP contribution >= 0.6 is 0 Å². The number of carbonyl (C=O) groups is 2. The Kier molecular flexibility index (Phi) is 3.37. The van der Waals surface area contributed by atoms with E-state index in [1.54, 1.807) is 6.92 Å². The van der Waals surface area contributed by atoms with Gasteiger partial charge in [-0.2, -0.15) is 0 Å². The molecule has 0 saturated carbocycles. The molecule has 2 N–H and O–H groups in total. The summed E-state index contributed by atoms with van der Waals surface area (Å²) in [5.41, 5.74) is 0.354. The van der Waals surface area contributed by atoms with E-state index in [9.17, 15) is 9.59 Å². The predicted molar refractivity (Wildman–Crippen MR) is 50.4 cm³/mol. The average Bonchev–Trinajstić information content (AvgIpc) is 2.60. The van der Waals surface area contributed by atoms with Crippen LogP contribution in [0, 0.1) is 0 Å². The van der Waals surface area contributed by atoms with Gasteiger partial charge in [-0.15, -0.1) is 5.10 Å². The fourth-order valence-corrected chi connectivity index (χ4v) is 1.19. The zero-order chi connectivity index (χ0) is 11.4. The van der Waals surface area contributed by atoms with Gasteiger partial charge in [0.1, 0.15) is 6.54 Å². The summed E-state index contributed by atoms with van der Waals surface area (Å²) in [6, 6.07) is 0. The molecule has 0 aliphatic rings. The lowest BCUT2D eigenvalue weighted by molar-refractivity contribution is -0.121. The third kappa shape index (κ3) is 2.30. The Morgan fingerprint density at radius 1 is 1.53 bits per heavy atom. The molecule has 0 aliphatic heterocycles. The average molecular weight is 212 g/mol. The van der Waals surface area contributed by atoms with E-state index in [1.165, 1.54) is 11.7 Å². The number of nitrogens with zero attached hydrogens (tertiary/aromatic N) is 3.